The molecule has 1 aliphatic carbocycles. The van der Waals surface area contributed by atoms with Gasteiger partial charge in [-0.05, 0) is 45.2 Å². The molecule has 1 unspecified atom stereocenters. The third-order valence-corrected chi connectivity index (χ3v) is 3.70. The van der Waals surface area contributed by atoms with E-state index in [1.165, 1.54) is 38.6 Å². The van der Waals surface area contributed by atoms with Crippen LogP contribution in [0.15, 0.2) is 0 Å². The smallest absolute Gasteiger partial charge is 0.0622 e. The second kappa shape index (κ2) is 6.22. The maximum absolute atomic E-state index is 8.57. The van der Waals surface area contributed by atoms with Crippen molar-refractivity contribution in [3.63, 3.8) is 0 Å². The largest absolute Gasteiger partial charge is 0.312 e. The first-order valence-electron chi connectivity index (χ1n) is 6.74. The molecule has 2 aliphatic rings. The molecule has 0 amide bonds. The van der Waals surface area contributed by atoms with Crippen LogP contribution in [0, 0.1) is 11.3 Å². The predicted octanol–water partition coefficient (Wildman–Crippen LogP) is 1.90. The minimum absolute atomic E-state index is 0.708. The van der Waals surface area contributed by atoms with Crippen LogP contribution in [-0.2, 0) is 0 Å². The lowest BCUT2D eigenvalue weighted by atomic mass is 10.0. The van der Waals surface area contributed by atoms with E-state index < -0.39 is 0 Å². The highest BCUT2D eigenvalue weighted by molar-refractivity contribution is 4.86. The van der Waals surface area contributed by atoms with Crippen LogP contribution in [-0.4, -0.2) is 36.6 Å². The first kappa shape index (κ1) is 11.9. The summed E-state index contributed by atoms with van der Waals surface area (Å²) in [6.07, 6.45) is 8.56. The molecule has 3 heteroatoms. The van der Waals surface area contributed by atoms with Crippen LogP contribution in [0.5, 0.6) is 0 Å². The molecule has 0 radical (unpaired) electrons. The Kier molecular flexibility index (Phi) is 4.62. The van der Waals surface area contributed by atoms with Crippen molar-refractivity contribution in [3.05, 3.63) is 0 Å². The monoisotopic (exact) mass is 221 g/mol. The van der Waals surface area contributed by atoms with Gasteiger partial charge in [0.25, 0.3) is 0 Å². The molecule has 2 fully saturated rings. The summed E-state index contributed by atoms with van der Waals surface area (Å²) in [5, 5.41) is 12.2. The van der Waals surface area contributed by atoms with Crippen molar-refractivity contribution in [1.29, 1.82) is 5.26 Å². The molecule has 1 aliphatic heterocycles. The van der Waals surface area contributed by atoms with E-state index in [-0.39, 0.29) is 0 Å². The van der Waals surface area contributed by atoms with Gasteiger partial charge in [0, 0.05) is 25.0 Å². The fourth-order valence-corrected chi connectivity index (χ4v) is 2.54. The van der Waals surface area contributed by atoms with Crippen molar-refractivity contribution in [2.75, 3.05) is 19.6 Å². The number of piperidine rings is 1. The van der Waals surface area contributed by atoms with E-state index in [9.17, 15) is 0 Å². The van der Waals surface area contributed by atoms with Gasteiger partial charge in [-0.25, -0.2) is 0 Å². The van der Waals surface area contributed by atoms with Crippen molar-refractivity contribution in [2.45, 2.75) is 57.0 Å². The predicted molar refractivity (Wildman–Crippen MR) is 65.1 cm³/mol. The number of unbranched alkanes of at least 4 members (excludes halogenated alkanes) is 1. The summed E-state index contributed by atoms with van der Waals surface area (Å²) in [4.78, 5) is 2.59. The molecule has 0 aromatic carbocycles. The average Bonchev–Trinajstić information content (AvgIpc) is 3.12. The summed E-state index contributed by atoms with van der Waals surface area (Å²) in [6.45, 7) is 3.52. The molecule has 2 rings (SSSR count). The van der Waals surface area contributed by atoms with Crippen LogP contribution < -0.4 is 5.32 Å². The fourth-order valence-electron chi connectivity index (χ4n) is 2.54. The summed E-state index contributed by atoms with van der Waals surface area (Å²) < 4.78 is 0. The molecule has 0 bridgehead atoms. The first-order valence-corrected chi connectivity index (χ1v) is 6.74. The van der Waals surface area contributed by atoms with E-state index in [4.69, 9.17) is 5.26 Å². The Balaban J connectivity index is 1.69. The molecule has 16 heavy (non-hydrogen) atoms. The summed E-state index contributed by atoms with van der Waals surface area (Å²) in [5.41, 5.74) is 0. The summed E-state index contributed by atoms with van der Waals surface area (Å²) in [7, 11) is 0. The highest BCUT2D eigenvalue weighted by Crippen LogP contribution is 2.21. The summed E-state index contributed by atoms with van der Waals surface area (Å²) in [5.74, 6) is 0. The van der Waals surface area contributed by atoms with E-state index in [1.54, 1.807) is 0 Å². The number of nitriles is 1. The number of hydrogen-bond acceptors (Lipinski definition) is 3. The number of nitrogens with one attached hydrogen (secondary N) is 1. The quantitative estimate of drug-likeness (QED) is 0.696. The Morgan fingerprint density at radius 1 is 1.25 bits per heavy atom. The first-order chi connectivity index (χ1) is 7.90. The Labute approximate surface area is 98.8 Å². The minimum atomic E-state index is 0.708. The Bertz CT molecular complexity index is 242. The number of likely N-dealkylation sites (tertiary alicyclic amines) is 1. The van der Waals surface area contributed by atoms with Crippen LogP contribution in [0.1, 0.15) is 44.9 Å². The van der Waals surface area contributed by atoms with Crippen LogP contribution in [0.4, 0.5) is 0 Å². The highest BCUT2D eigenvalue weighted by atomic mass is 15.2. The summed E-state index contributed by atoms with van der Waals surface area (Å²) >= 11 is 0. The maximum atomic E-state index is 8.57. The Hall–Kier alpha value is -0.590. The SMILES string of the molecule is N#CCCCN1CCCCC1CNC1CC1. The molecular formula is C13H23N3. The number of hydrogen-bond donors (Lipinski definition) is 1. The van der Waals surface area contributed by atoms with E-state index in [2.05, 4.69) is 16.3 Å². The van der Waals surface area contributed by atoms with Crippen LogP contribution in [0.25, 0.3) is 0 Å². The van der Waals surface area contributed by atoms with Gasteiger partial charge < -0.3 is 5.32 Å². The summed E-state index contributed by atoms with van der Waals surface area (Å²) in [6, 6.07) is 3.79. The standard InChI is InChI=1S/C13H23N3/c14-8-2-4-10-16-9-3-1-5-13(16)11-15-12-6-7-12/h12-13,15H,1-7,9-11H2. The molecule has 0 spiro atoms. The van der Waals surface area contributed by atoms with Gasteiger partial charge in [-0.3, -0.25) is 4.90 Å². The highest BCUT2D eigenvalue weighted by Gasteiger charge is 2.25. The third-order valence-electron chi connectivity index (χ3n) is 3.70. The molecule has 1 atom stereocenters. The molecular weight excluding hydrogens is 198 g/mol. The molecule has 0 aromatic rings. The lowest BCUT2D eigenvalue weighted by molar-refractivity contribution is 0.144. The van der Waals surface area contributed by atoms with Crippen molar-refractivity contribution in [1.82, 2.24) is 10.2 Å². The van der Waals surface area contributed by atoms with Crippen molar-refractivity contribution in [2.24, 2.45) is 0 Å². The van der Waals surface area contributed by atoms with E-state index in [0.29, 0.717) is 6.42 Å². The molecule has 1 saturated heterocycles. The lowest BCUT2D eigenvalue weighted by Crippen LogP contribution is -2.46. The topological polar surface area (TPSA) is 39.1 Å². The van der Waals surface area contributed by atoms with E-state index >= 15 is 0 Å². The van der Waals surface area contributed by atoms with Crippen LogP contribution >= 0.6 is 0 Å². The van der Waals surface area contributed by atoms with Crippen molar-refractivity contribution >= 4 is 0 Å². The fraction of sp³-hybridized carbons (Fsp3) is 0.923. The normalized spacial score (nSPS) is 26.6. The Morgan fingerprint density at radius 3 is 2.88 bits per heavy atom. The zero-order chi connectivity index (χ0) is 11.2. The molecule has 0 aromatic heterocycles. The van der Waals surface area contributed by atoms with Gasteiger partial charge >= 0.3 is 0 Å². The lowest BCUT2D eigenvalue weighted by Gasteiger charge is -2.35. The minimum Gasteiger partial charge on any atom is -0.312 e. The third kappa shape index (κ3) is 3.77. The zero-order valence-electron chi connectivity index (χ0n) is 10.1. The second-order valence-corrected chi connectivity index (χ2v) is 5.13. The second-order valence-electron chi connectivity index (χ2n) is 5.13. The average molecular weight is 221 g/mol. The van der Waals surface area contributed by atoms with Gasteiger partial charge in [0.2, 0.25) is 0 Å². The van der Waals surface area contributed by atoms with Gasteiger partial charge in [0.1, 0.15) is 0 Å². The van der Waals surface area contributed by atoms with Crippen LogP contribution in [0.3, 0.4) is 0 Å². The zero-order valence-corrected chi connectivity index (χ0v) is 10.1. The van der Waals surface area contributed by atoms with Gasteiger partial charge in [-0.1, -0.05) is 6.42 Å². The number of rotatable bonds is 6. The molecule has 1 saturated carbocycles. The van der Waals surface area contributed by atoms with Crippen molar-refractivity contribution in [3.8, 4) is 6.07 Å². The van der Waals surface area contributed by atoms with Gasteiger partial charge in [0.05, 0.1) is 6.07 Å². The van der Waals surface area contributed by atoms with Crippen LogP contribution in [0.2, 0.25) is 0 Å². The molecule has 1 heterocycles. The Morgan fingerprint density at radius 2 is 2.12 bits per heavy atom. The van der Waals surface area contributed by atoms with Gasteiger partial charge in [0.15, 0.2) is 0 Å². The van der Waals surface area contributed by atoms with E-state index in [1.807, 2.05) is 0 Å². The van der Waals surface area contributed by atoms with Gasteiger partial charge in [-0.15, -0.1) is 0 Å². The molecule has 1 N–H and O–H groups in total. The number of nitrogens with zero attached hydrogens (tertiary/aromatic N) is 2. The molecule has 3 nitrogen and oxygen atoms in total. The van der Waals surface area contributed by atoms with Gasteiger partial charge in [-0.2, -0.15) is 5.26 Å². The van der Waals surface area contributed by atoms with Crippen molar-refractivity contribution < 1.29 is 0 Å². The molecule has 90 valence electrons. The van der Waals surface area contributed by atoms with E-state index in [0.717, 1.165) is 31.6 Å². The maximum Gasteiger partial charge on any atom is 0.0622 e.